The lowest BCUT2D eigenvalue weighted by atomic mass is 9.64. The fraction of sp³-hybridized carbons (Fsp3) is 0.444. The highest BCUT2D eigenvalue weighted by Gasteiger charge is 2.54. The summed E-state index contributed by atoms with van der Waals surface area (Å²) in [6.07, 6.45) is 7.02. The van der Waals surface area contributed by atoms with Crippen molar-refractivity contribution in [3.8, 4) is 11.1 Å². The molecule has 2 aromatic heterocycles. The van der Waals surface area contributed by atoms with Crippen molar-refractivity contribution in [1.29, 1.82) is 0 Å². The fourth-order valence-electron chi connectivity index (χ4n) is 6.09. The predicted molar refractivity (Wildman–Crippen MR) is 144 cm³/mol. The molecule has 2 aliphatic carbocycles. The van der Waals surface area contributed by atoms with Gasteiger partial charge in [0.2, 0.25) is 15.9 Å². The van der Waals surface area contributed by atoms with Crippen LogP contribution in [-0.2, 0) is 20.2 Å². The number of rotatable bonds is 6. The Hall–Kier alpha value is -3.31. The van der Waals surface area contributed by atoms with Crippen molar-refractivity contribution in [1.82, 2.24) is 15.3 Å². The molecule has 198 valence electrons. The van der Waals surface area contributed by atoms with Crippen molar-refractivity contribution in [2.75, 3.05) is 41.7 Å². The van der Waals surface area contributed by atoms with E-state index in [4.69, 9.17) is 0 Å². The number of halogens is 1. The first-order chi connectivity index (χ1) is 18.2. The number of aromatic nitrogens is 2. The third-order valence-electron chi connectivity index (χ3n) is 8.68. The number of likely N-dealkylation sites (N-methyl/N-ethyl adjacent to an activating group) is 2. The van der Waals surface area contributed by atoms with Crippen molar-refractivity contribution in [2.45, 2.75) is 48.8 Å². The lowest BCUT2D eigenvalue weighted by Gasteiger charge is -2.40. The van der Waals surface area contributed by atoms with Gasteiger partial charge in [-0.1, -0.05) is 6.42 Å². The van der Waals surface area contributed by atoms with Gasteiger partial charge < -0.3 is 15.1 Å². The molecule has 3 fully saturated rings. The molecule has 0 bridgehead atoms. The summed E-state index contributed by atoms with van der Waals surface area (Å²) in [7, 11) is 0.103. The van der Waals surface area contributed by atoms with Gasteiger partial charge in [0.1, 0.15) is 5.82 Å². The standard InChI is InChI=1S/C27H29FN6O3S/c1-29-16-13-34(14-16)25-22(32-38(36,37)17-4-5-17)8-15(11-31-25)18-9-19-21(10-20(18)28)30-12-23-24(19)27(6-3-7-27)26(35)33(23)2/h8-12,16-17,29,32H,3-7,13-14H2,1-2H3. The lowest BCUT2D eigenvalue weighted by molar-refractivity contribution is -0.125. The maximum absolute atomic E-state index is 15.5. The summed E-state index contributed by atoms with van der Waals surface area (Å²) in [5.41, 5.74) is 2.72. The van der Waals surface area contributed by atoms with Crippen LogP contribution in [0.2, 0.25) is 0 Å². The number of hydrogen-bond donors (Lipinski definition) is 2. The summed E-state index contributed by atoms with van der Waals surface area (Å²) >= 11 is 0. The Bertz CT molecular complexity index is 1610. The summed E-state index contributed by atoms with van der Waals surface area (Å²) in [4.78, 5) is 25.9. The average molecular weight is 537 g/mol. The number of fused-ring (bicyclic) bond motifs is 4. The number of anilines is 3. The van der Waals surface area contributed by atoms with E-state index in [1.165, 1.54) is 6.07 Å². The number of carbonyl (C=O) groups excluding carboxylic acids is 1. The van der Waals surface area contributed by atoms with E-state index in [0.29, 0.717) is 60.1 Å². The first kappa shape index (κ1) is 23.8. The first-order valence-corrected chi connectivity index (χ1v) is 14.6. The molecule has 1 saturated heterocycles. The number of hydrogen-bond acceptors (Lipinski definition) is 7. The molecule has 2 N–H and O–H groups in total. The summed E-state index contributed by atoms with van der Waals surface area (Å²) in [6.45, 7) is 1.40. The molecule has 7 rings (SSSR count). The summed E-state index contributed by atoms with van der Waals surface area (Å²) in [5.74, 6) is 0.125. The number of carbonyl (C=O) groups is 1. The molecule has 4 heterocycles. The van der Waals surface area contributed by atoms with E-state index < -0.39 is 26.5 Å². The van der Waals surface area contributed by atoms with Gasteiger partial charge in [0.25, 0.3) is 0 Å². The minimum Gasteiger partial charge on any atom is -0.352 e. The van der Waals surface area contributed by atoms with Crippen LogP contribution in [0.25, 0.3) is 22.0 Å². The summed E-state index contributed by atoms with van der Waals surface area (Å²) < 4.78 is 44.0. The fourth-order valence-corrected chi connectivity index (χ4v) is 7.47. The lowest BCUT2D eigenvalue weighted by Crippen LogP contribution is -2.57. The molecule has 9 nitrogen and oxygen atoms in total. The van der Waals surface area contributed by atoms with Gasteiger partial charge in [-0.25, -0.2) is 17.8 Å². The molecular formula is C27H29FN6O3S. The predicted octanol–water partition coefficient (Wildman–Crippen LogP) is 3.15. The van der Waals surface area contributed by atoms with E-state index in [9.17, 15) is 13.2 Å². The molecule has 0 unspecified atom stereocenters. The van der Waals surface area contributed by atoms with Gasteiger partial charge in [0, 0.05) is 60.5 Å². The molecule has 3 aromatic rings. The zero-order valence-electron chi connectivity index (χ0n) is 21.3. The minimum absolute atomic E-state index is 0.0659. The Kier molecular flexibility index (Phi) is 5.07. The number of amides is 1. The molecule has 1 spiro atoms. The normalized spacial score (nSPS) is 20.6. The van der Waals surface area contributed by atoms with Gasteiger partial charge in [-0.2, -0.15) is 0 Å². The van der Waals surface area contributed by atoms with Crippen LogP contribution in [0.1, 0.15) is 37.7 Å². The molecule has 2 aliphatic heterocycles. The quantitative estimate of drug-likeness (QED) is 0.498. The number of nitrogens with zero attached hydrogens (tertiary/aromatic N) is 4. The van der Waals surface area contributed by atoms with Crippen LogP contribution in [0.15, 0.2) is 30.6 Å². The molecule has 1 amide bonds. The van der Waals surface area contributed by atoms with E-state index in [1.807, 2.05) is 11.9 Å². The smallest absolute Gasteiger partial charge is 0.237 e. The molecule has 2 saturated carbocycles. The number of nitrogens with one attached hydrogen (secondary N) is 2. The third-order valence-corrected chi connectivity index (χ3v) is 10.5. The molecule has 38 heavy (non-hydrogen) atoms. The van der Waals surface area contributed by atoms with Crippen molar-refractivity contribution in [3.05, 3.63) is 42.0 Å². The van der Waals surface area contributed by atoms with Gasteiger partial charge in [0.05, 0.1) is 33.8 Å². The van der Waals surface area contributed by atoms with Crippen LogP contribution in [0.5, 0.6) is 0 Å². The highest BCUT2D eigenvalue weighted by Crippen LogP contribution is 2.55. The van der Waals surface area contributed by atoms with Gasteiger partial charge >= 0.3 is 0 Å². The van der Waals surface area contributed by atoms with E-state index >= 15 is 4.39 Å². The van der Waals surface area contributed by atoms with E-state index in [2.05, 4.69) is 20.0 Å². The Balaban J connectivity index is 1.36. The first-order valence-electron chi connectivity index (χ1n) is 13.1. The zero-order chi connectivity index (χ0) is 26.4. The van der Waals surface area contributed by atoms with Crippen LogP contribution in [0.3, 0.4) is 0 Å². The number of benzene rings is 1. The monoisotopic (exact) mass is 536 g/mol. The highest BCUT2D eigenvalue weighted by atomic mass is 32.2. The maximum Gasteiger partial charge on any atom is 0.237 e. The molecule has 4 aliphatic rings. The van der Waals surface area contributed by atoms with E-state index in [1.54, 1.807) is 36.5 Å². The van der Waals surface area contributed by atoms with Crippen molar-refractivity contribution < 1.29 is 17.6 Å². The van der Waals surface area contributed by atoms with Gasteiger partial charge in [0.15, 0.2) is 5.82 Å². The second-order valence-corrected chi connectivity index (χ2v) is 13.0. The van der Waals surface area contributed by atoms with Crippen LogP contribution in [-0.4, -0.2) is 62.8 Å². The van der Waals surface area contributed by atoms with Gasteiger partial charge in [-0.05, 0) is 44.9 Å². The Morgan fingerprint density at radius 3 is 2.53 bits per heavy atom. The van der Waals surface area contributed by atoms with E-state index in [0.717, 1.165) is 35.9 Å². The second-order valence-electron chi connectivity index (χ2n) is 11.0. The molecule has 0 radical (unpaired) electrons. The maximum atomic E-state index is 15.5. The third kappa shape index (κ3) is 3.37. The van der Waals surface area contributed by atoms with Crippen molar-refractivity contribution >= 4 is 44.0 Å². The average Bonchev–Trinajstić information content (AvgIpc) is 3.66. The largest absolute Gasteiger partial charge is 0.352 e. The molecule has 0 atom stereocenters. The Morgan fingerprint density at radius 2 is 1.87 bits per heavy atom. The topological polar surface area (TPSA) is 108 Å². The van der Waals surface area contributed by atoms with Gasteiger partial charge in [-0.15, -0.1) is 0 Å². The Morgan fingerprint density at radius 1 is 1.11 bits per heavy atom. The van der Waals surface area contributed by atoms with Crippen LogP contribution < -0.4 is 19.8 Å². The van der Waals surface area contributed by atoms with Crippen LogP contribution >= 0.6 is 0 Å². The summed E-state index contributed by atoms with van der Waals surface area (Å²) in [5, 5.41) is 3.56. The van der Waals surface area contributed by atoms with Crippen molar-refractivity contribution in [3.63, 3.8) is 0 Å². The number of pyridine rings is 2. The van der Waals surface area contributed by atoms with Crippen molar-refractivity contribution in [2.24, 2.45) is 0 Å². The highest BCUT2D eigenvalue weighted by molar-refractivity contribution is 7.93. The van der Waals surface area contributed by atoms with E-state index in [-0.39, 0.29) is 5.91 Å². The zero-order valence-corrected chi connectivity index (χ0v) is 22.1. The molecule has 1 aromatic carbocycles. The SMILES string of the molecule is CNC1CN(c2ncc(-c3cc4c5c(cnc4cc3F)N(C)C(=O)C53CCC3)cc2NS(=O)(=O)C2CC2)C1. The van der Waals surface area contributed by atoms with Crippen LogP contribution in [0, 0.1) is 5.82 Å². The number of sulfonamides is 1. The second kappa shape index (κ2) is 8.09. The van der Waals surface area contributed by atoms with Gasteiger partial charge in [-0.3, -0.25) is 14.5 Å². The minimum atomic E-state index is -3.55. The molecule has 11 heteroatoms. The molecular weight excluding hydrogens is 507 g/mol. The summed E-state index contributed by atoms with van der Waals surface area (Å²) in [6, 6.07) is 5.12. The van der Waals surface area contributed by atoms with Crippen LogP contribution in [0.4, 0.5) is 21.6 Å². The Labute approximate surface area is 220 Å².